The number of Topliss-reactive ketones (excluding diaryl/α,β-unsaturated/α-hetero) is 1. The molecule has 1 saturated carbocycles. The first-order chi connectivity index (χ1) is 7.73. The van der Waals surface area contributed by atoms with Crippen LogP contribution < -0.4 is 5.32 Å². The highest BCUT2D eigenvalue weighted by molar-refractivity contribution is 5.98. The molecule has 16 heavy (non-hydrogen) atoms. The van der Waals surface area contributed by atoms with Crippen molar-refractivity contribution >= 4 is 5.78 Å². The second-order valence-electron chi connectivity index (χ2n) is 5.07. The molecule has 3 rings (SSSR count). The third-order valence-corrected chi connectivity index (χ3v) is 4.18. The molecule has 1 N–H and O–H groups in total. The average Bonchev–Trinajstić information content (AvgIpc) is 2.80. The number of aromatic nitrogens is 2. The number of carbonyl (C=O) groups is 1. The van der Waals surface area contributed by atoms with Gasteiger partial charge in [-0.2, -0.15) is 5.10 Å². The van der Waals surface area contributed by atoms with Crippen molar-refractivity contribution in [1.29, 1.82) is 0 Å². The fraction of sp³-hybridized carbons (Fsp3) is 0.667. The minimum absolute atomic E-state index is 0.255. The lowest BCUT2D eigenvalue weighted by atomic mass is 9.90. The van der Waals surface area contributed by atoms with E-state index in [1.807, 2.05) is 13.1 Å². The molecule has 1 aromatic heterocycles. The molecule has 2 heterocycles. The Bertz CT molecular complexity index is 418. The molecule has 1 saturated heterocycles. The van der Waals surface area contributed by atoms with Gasteiger partial charge in [-0.15, -0.1) is 0 Å². The van der Waals surface area contributed by atoms with Gasteiger partial charge in [0.2, 0.25) is 0 Å². The molecule has 0 aromatic carbocycles. The molecule has 1 aliphatic heterocycles. The largest absolute Gasteiger partial charge is 0.317 e. The van der Waals surface area contributed by atoms with Gasteiger partial charge in [-0.3, -0.25) is 9.48 Å². The van der Waals surface area contributed by atoms with E-state index in [0.29, 0.717) is 11.2 Å². The summed E-state index contributed by atoms with van der Waals surface area (Å²) in [6, 6.07) is 1.83. The first-order valence-electron chi connectivity index (χ1n) is 5.96. The molecule has 1 atom stereocenters. The van der Waals surface area contributed by atoms with Crippen molar-refractivity contribution in [2.24, 2.45) is 18.4 Å². The zero-order valence-electron chi connectivity index (χ0n) is 9.57. The Morgan fingerprint density at radius 3 is 2.94 bits per heavy atom. The van der Waals surface area contributed by atoms with Crippen LogP contribution in [0.4, 0.5) is 0 Å². The Morgan fingerprint density at radius 1 is 1.56 bits per heavy atom. The van der Waals surface area contributed by atoms with Crippen LogP contribution in [-0.4, -0.2) is 28.7 Å². The molecule has 2 aliphatic rings. The lowest BCUT2D eigenvalue weighted by Gasteiger charge is -2.23. The SMILES string of the molecule is Cn1nccc1C(=O)C1CC12CCNCC2. The maximum Gasteiger partial charge on any atom is 0.184 e. The average molecular weight is 219 g/mol. The third kappa shape index (κ3) is 1.40. The highest BCUT2D eigenvalue weighted by Crippen LogP contribution is 2.59. The maximum atomic E-state index is 12.3. The van der Waals surface area contributed by atoms with Gasteiger partial charge in [0, 0.05) is 19.2 Å². The van der Waals surface area contributed by atoms with Gasteiger partial charge in [-0.25, -0.2) is 0 Å². The maximum absolute atomic E-state index is 12.3. The number of nitrogens with one attached hydrogen (secondary N) is 1. The zero-order valence-corrected chi connectivity index (χ0v) is 9.57. The van der Waals surface area contributed by atoms with Gasteiger partial charge in [0.05, 0.1) is 0 Å². The number of hydrogen-bond donors (Lipinski definition) is 1. The van der Waals surface area contributed by atoms with Gasteiger partial charge in [-0.05, 0) is 43.8 Å². The summed E-state index contributed by atoms with van der Waals surface area (Å²) in [7, 11) is 1.84. The normalized spacial score (nSPS) is 26.9. The lowest BCUT2D eigenvalue weighted by molar-refractivity contribution is 0.0931. The summed E-state index contributed by atoms with van der Waals surface area (Å²) < 4.78 is 1.69. The summed E-state index contributed by atoms with van der Waals surface area (Å²) in [5.41, 5.74) is 1.09. The predicted octanol–water partition coefficient (Wildman–Crippen LogP) is 0.992. The number of hydrogen-bond acceptors (Lipinski definition) is 3. The molecular weight excluding hydrogens is 202 g/mol. The van der Waals surface area contributed by atoms with Gasteiger partial charge in [0.1, 0.15) is 5.69 Å². The Morgan fingerprint density at radius 2 is 2.31 bits per heavy atom. The van der Waals surface area contributed by atoms with Crippen LogP contribution in [-0.2, 0) is 7.05 Å². The zero-order chi connectivity index (χ0) is 11.2. The highest BCUT2D eigenvalue weighted by atomic mass is 16.1. The number of rotatable bonds is 2. The van der Waals surface area contributed by atoms with E-state index in [0.717, 1.165) is 38.0 Å². The number of ketones is 1. The minimum atomic E-state index is 0.255. The first-order valence-corrected chi connectivity index (χ1v) is 5.96. The molecule has 1 unspecified atom stereocenters. The van der Waals surface area contributed by atoms with Crippen molar-refractivity contribution in [2.75, 3.05) is 13.1 Å². The molecule has 0 bridgehead atoms. The van der Waals surface area contributed by atoms with Gasteiger partial charge < -0.3 is 5.32 Å². The van der Waals surface area contributed by atoms with E-state index in [4.69, 9.17) is 0 Å². The van der Waals surface area contributed by atoms with Crippen LogP contribution in [0.3, 0.4) is 0 Å². The third-order valence-electron chi connectivity index (χ3n) is 4.18. The smallest absolute Gasteiger partial charge is 0.184 e. The quantitative estimate of drug-likeness (QED) is 0.755. The van der Waals surface area contributed by atoms with Crippen molar-refractivity contribution in [1.82, 2.24) is 15.1 Å². The molecule has 1 aliphatic carbocycles. The van der Waals surface area contributed by atoms with Crippen molar-refractivity contribution in [3.63, 3.8) is 0 Å². The Kier molecular flexibility index (Phi) is 2.14. The van der Waals surface area contributed by atoms with Crippen LogP contribution in [0.15, 0.2) is 12.3 Å². The van der Waals surface area contributed by atoms with Gasteiger partial charge in [0.15, 0.2) is 5.78 Å². The number of carbonyl (C=O) groups excluding carboxylic acids is 1. The van der Waals surface area contributed by atoms with Crippen molar-refractivity contribution < 1.29 is 4.79 Å². The van der Waals surface area contributed by atoms with Crippen LogP contribution in [0.2, 0.25) is 0 Å². The molecule has 4 nitrogen and oxygen atoms in total. The topological polar surface area (TPSA) is 46.9 Å². The molecule has 1 spiro atoms. The van der Waals surface area contributed by atoms with E-state index in [2.05, 4.69) is 10.4 Å². The summed E-state index contributed by atoms with van der Waals surface area (Å²) in [6.45, 7) is 2.13. The Hall–Kier alpha value is -1.16. The summed E-state index contributed by atoms with van der Waals surface area (Å²) >= 11 is 0. The number of piperidine rings is 1. The molecule has 0 amide bonds. The van der Waals surface area contributed by atoms with Crippen molar-refractivity contribution in [2.45, 2.75) is 19.3 Å². The first kappa shape index (κ1) is 10.0. The fourth-order valence-corrected chi connectivity index (χ4v) is 2.99. The summed E-state index contributed by atoms with van der Waals surface area (Å²) in [5, 5.41) is 7.42. The van der Waals surface area contributed by atoms with E-state index in [-0.39, 0.29) is 5.92 Å². The van der Waals surface area contributed by atoms with Crippen molar-refractivity contribution in [3.8, 4) is 0 Å². The van der Waals surface area contributed by atoms with E-state index in [1.54, 1.807) is 10.9 Å². The van der Waals surface area contributed by atoms with E-state index in [9.17, 15) is 4.79 Å². The standard InChI is InChI=1S/C12H17N3O/c1-15-10(2-5-14-15)11(16)9-8-12(9)3-6-13-7-4-12/h2,5,9,13H,3-4,6-8H2,1H3. The second kappa shape index (κ2) is 3.42. The molecule has 2 fully saturated rings. The molecule has 1 aromatic rings. The number of aryl methyl sites for hydroxylation is 1. The lowest BCUT2D eigenvalue weighted by Crippen LogP contribution is -2.31. The monoisotopic (exact) mass is 219 g/mol. The summed E-state index contributed by atoms with van der Waals surface area (Å²) in [6.07, 6.45) is 5.09. The van der Waals surface area contributed by atoms with Gasteiger partial charge >= 0.3 is 0 Å². The van der Waals surface area contributed by atoms with E-state index >= 15 is 0 Å². The Labute approximate surface area is 95.0 Å². The molecular formula is C12H17N3O. The van der Waals surface area contributed by atoms with Crippen LogP contribution in [0, 0.1) is 11.3 Å². The minimum Gasteiger partial charge on any atom is -0.317 e. The van der Waals surface area contributed by atoms with Crippen LogP contribution >= 0.6 is 0 Å². The molecule has 4 heteroatoms. The second-order valence-corrected chi connectivity index (χ2v) is 5.07. The fourth-order valence-electron chi connectivity index (χ4n) is 2.99. The highest BCUT2D eigenvalue weighted by Gasteiger charge is 2.57. The van der Waals surface area contributed by atoms with Crippen LogP contribution in [0.25, 0.3) is 0 Å². The van der Waals surface area contributed by atoms with E-state index < -0.39 is 0 Å². The van der Waals surface area contributed by atoms with Crippen molar-refractivity contribution in [3.05, 3.63) is 18.0 Å². The van der Waals surface area contributed by atoms with Gasteiger partial charge in [-0.1, -0.05) is 0 Å². The molecule has 86 valence electrons. The van der Waals surface area contributed by atoms with Crippen LogP contribution in [0.1, 0.15) is 29.8 Å². The summed E-state index contributed by atoms with van der Waals surface area (Å²) in [5.74, 6) is 0.548. The molecule has 0 radical (unpaired) electrons. The number of nitrogens with zero attached hydrogens (tertiary/aromatic N) is 2. The van der Waals surface area contributed by atoms with Crippen LogP contribution in [0.5, 0.6) is 0 Å². The predicted molar refractivity (Wildman–Crippen MR) is 60.2 cm³/mol. The Balaban J connectivity index is 1.77. The van der Waals surface area contributed by atoms with Gasteiger partial charge in [0.25, 0.3) is 0 Å². The summed E-state index contributed by atoms with van der Waals surface area (Å²) in [4.78, 5) is 12.3. The van der Waals surface area contributed by atoms with E-state index in [1.165, 1.54) is 0 Å².